The van der Waals surface area contributed by atoms with E-state index in [1.165, 1.54) is 24.4 Å². The molecule has 3 nitrogen and oxygen atoms in total. The summed E-state index contributed by atoms with van der Waals surface area (Å²) < 4.78 is 12.9. The van der Waals surface area contributed by atoms with E-state index in [0.29, 0.717) is 16.8 Å². The summed E-state index contributed by atoms with van der Waals surface area (Å²) >= 11 is 0. The molecule has 0 aliphatic carbocycles. The second-order valence-corrected chi connectivity index (χ2v) is 3.73. The van der Waals surface area contributed by atoms with Crippen LogP contribution in [0.3, 0.4) is 0 Å². The second-order valence-electron chi connectivity index (χ2n) is 3.73. The maximum absolute atomic E-state index is 12.9. The molecular weight excluding hydrogens is 219 g/mol. The highest BCUT2D eigenvalue weighted by Gasteiger charge is 2.15. The van der Waals surface area contributed by atoms with Gasteiger partial charge < -0.3 is 5.73 Å². The van der Waals surface area contributed by atoms with Crippen LogP contribution in [0.15, 0.2) is 36.5 Å². The van der Waals surface area contributed by atoms with E-state index in [9.17, 15) is 9.18 Å². The molecule has 86 valence electrons. The molecule has 4 heteroatoms. The number of aryl methyl sites for hydroxylation is 1. The first-order valence-electron chi connectivity index (χ1n) is 5.11. The first-order valence-corrected chi connectivity index (χ1v) is 5.11. The number of halogens is 1. The number of nitrogens with two attached hydrogens (primary N) is 1. The van der Waals surface area contributed by atoms with E-state index in [-0.39, 0.29) is 17.3 Å². The third-order valence-corrected chi connectivity index (χ3v) is 2.49. The molecule has 17 heavy (non-hydrogen) atoms. The fourth-order valence-corrected chi connectivity index (χ4v) is 1.62. The van der Waals surface area contributed by atoms with Crippen molar-refractivity contribution in [1.82, 2.24) is 4.98 Å². The van der Waals surface area contributed by atoms with Gasteiger partial charge in [0.1, 0.15) is 11.5 Å². The van der Waals surface area contributed by atoms with Gasteiger partial charge in [0.05, 0.1) is 5.69 Å². The Morgan fingerprint density at radius 3 is 2.76 bits per heavy atom. The van der Waals surface area contributed by atoms with Crippen molar-refractivity contribution in [1.29, 1.82) is 0 Å². The highest BCUT2D eigenvalue weighted by molar-refractivity contribution is 6.11. The van der Waals surface area contributed by atoms with Gasteiger partial charge in [0.15, 0.2) is 0 Å². The molecule has 0 atom stereocenters. The standard InChI is InChI=1S/C13H11FN2O/c1-8-7-9(14)4-5-10(8)13(17)12-11(15)3-2-6-16-12/h2-7H,15H2,1H3. The van der Waals surface area contributed by atoms with Crippen LogP contribution < -0.4 is 5.73 Å². The Labute approximate surface area is 98.1 Å². The summed E-state index contributed by atoms with van der Waals surface area (Å²) in [5.74, 6) is -0.659. The van der Waals surface area contributed by atoms with Crippen LogP contribution in [0.2, 0.25) is 0 Å². The summed E-state index contributed by atoms with van der Waals surface area (Å²) in [6.07, 6.45) is 1.50. The third kappa shape index (κ3) is 2.15. The summed E-state index contributed by atoms with van der Waals surface area (Å²) in [5.41, 5.74) is 7.18. The molecule has 0 aliphatic rings. The van der Waals surface area contributed by atoms with Gasteiger partial charge in [-0.25, -0.2) is 4.39 Å². The van der Waals surface area contributed by atoms with Crippen LogP contribution in [-0.4, -0.2) is 10.8 Å². The lowest BCUT2D eigenvalue weighted by atomic mass is 10.0. The van der Waals surface area contributed by atoms with E-state index < -0.39 is 0 Å². The molecule has 0 bridgehead atoms. The lowest BCUT2D eigenvalue weighted by Gasteiger charge is -2.06. The topological polar surface area (TPSA) is 56.0 Å². The maximum atomic E-state index is 12.9. The monoisotopic (exact) mass is 230 g/mol. The second kappa shape index (κ2) is 4.33. The minimum absolute atomic E-state index is 0.196. The van der Waals surface area contributed by atoms with E-state index in [1.807, 2.05) is 0 Å². The van der Waals surface area contributed by atoms with Crippen molar-refractivity contribution < 1.29 is 9.18 Å². The summed E-state index contributed by atoms with van der Waals surface area (Å²) in [5, 5.41) is 0. The van der Waals surface area contributed by atoms with Crippen LogP contribution in [0.1, 0.15) is 21.6 Å². The van der Waals surface area contributed by atoms with Gasteiger partial charge in [0, 0.05) is 11.8 Å². The van der Waals surface area contributed by atoms with Gasteiger partial charge in [-0.05, 0) is 42.8 Å². The number of hydrogen-bond acceptors (Lipinski definition) is 3. The summed E-state index contributed by atoms with van der Waals surface area (Å²) in [4.78, 5) is 16.1. The maximum Gasteiger partial charge on any atom is 0.213 e. The Kier molecular flexibility index (Phi) is 2.87. The predicted molar refractivity (Wildman–Crippen MR) is 63.2 cm³/mol. The molecule has 0 saturated heterocycles. The number of anilines is 1. The number of carbonyl (C=O) groups excluding carboxylic acids is 1. The largest absolute Gasteiger partial charge is 0.397 e. The lowest BCUT2D eigenvalue weighted by Crippen LogP contribution is -2.09. The lowest BCUT2D eigenvalue weighted by molar-refractivity contribution is 0.103. The molecule has 0 radical (unpaired) electrons. The van der Waals surface area contributed by atoms with E-state index in [4.69, 9.17) is 5.73 Å². The fourth-order valence-electron chi connectivity index (χ4n) is 1.62. The molecule has 1 aromatic heterocycles. The number of hydrogen-bond donors (Lipinski definition) is 1. The first kappa shape index (κ1) is 11.3. The first-order chi connectivity index (χ1) is 8.09. The molecule has 0 aliphatic heterocycles. The molecular formula is C13H11FN2O. The Bertz CT molecular complexity index is 581. The zero-order valence-electron chi connectivity index (χ0n) is 9.27. The van der Waals surface area contributed by atoms with Crippen molar-refractivity contribution in [3.63, 3.8) is 0 Å². The van der Waals surface area contributed by atoms with Crippen molar-refractivity contribution in [2.45, 2.75) is 6.92 Å². The summed E-state index contributed by atoms with van der Waals surface area (Å²) in [6.45, 7) is 1.68. The van der Waals surface area contributed by atoms with Gasteiger partial charge >= 0.3 is 0 Å². The van der Waals surface area contributed by atoms with Crippen LogP contribution in [0.5, 0.6) is 0 Å². The number of pyridine rings is 1. The number of nitrogens with zero attached hydrogens (tertiary/aromatic N) is 1. The normalized spacial score (nSPS) is 10.2. The zero-order valence-corrected chi connectivity index (χ0v) is 9.27. The minimum Gasteiger partial charge on any atom is -0.397 e. The molecule has 0 fully saturated rings. The Hall–Kier alpha value is -2.23. The fraction of sp³-hybridized carbons (Fsp3) is 0.0769. The summed E-state index contributed by atoms with van der Waals surface area (Å²) in [6, 6.07) is 7.27. The van der Waals surface area contributed by atoms with E-state index in [1.54, 1.807) is 19.1 Å². The van der Waals surface area contributed by atoms with Gasteiger partial charge in [0.25, 0.3) is 0 Å². The average molecular weight is 230 g/mol. The van der Waals surface area contributed by atoms with Crippen molar-refractivity contribution in [3.05, 3.63) is 59.2 Å². The van der Waals surface area contributed by atoms with Crippen LogP contribution in [-0.2, 0) is 0 Å². The van der Waals surface area contributed by atoms with Gasteiger partial charge in [-0.1, -0.05) is 0 Å². The number of carbonyl (C=O) groups is 1. The van der Waals surface area contributed by atoms with Crippen molar-refractivity contribution in [3.8, 4) is 0 Å². The Morgan fingerprint density at radius 2 is 2.12 bits per heavy atom. The van der Waals surface area contributed by atoms with Crippen LogP contribution in [0, 0.1) is 12.7 Å². The number of aromatic nitrogens is 1. The van der Waals surface area contributed by atoms with E-state index in [2.05, 4.69) is 4.98 Å². The highest BCUT2D eigenvalue weighted by atomic mass is 19.1. The predicted octanol–water partition coefficient (Wildman–Crippen LogP) is 2.34. The third-order valence-electron chi connectivity index (χ3n) is 2.49. The molecule has 2 N–H and O–H groups in total. The molecule has 0 unspecified atom stereocenters. The zero-order chi connectivity index (χ0) is 12.4. The molecule has 1 aromatic carbocycles. The SMILES string of the molecule is Cc1cc(F)ccc1C(=O)c1ncccc1N. The van der Waals surface area contributed by atoms with Crippen molar-refractivity contribution >= 4 is 11.5 Å². The number of rotatable bonds is 2. The van der Waals surface area contributed by atoms with Crippen LogP contribution in [0.4, 0.5) is 10.1 Å². The molecule has 0 spiro atoms. The van der Waals surface area contributed by atoms with Gasteiger partial charge in [-0.3, -0.25) is 9.78 Å². The minimum atomic E-state index is -0.368. The smallest absolute Gasteiger partial charge is 0.213 e. The molecule has 1 heterocycles. The quantitative estimate of drug-likeness (QED) is 0.805. The van der Waals surface area contributed by atoms with E-state index >= 15 is 0 Å². The van der Waals surface area contributed by atoms with E-state index in [0.717, 1.165) is 0 Å². The van der Waals surface area contributed by atoms with Gasteiger partial charge in [-0.15, -0.1) is 0 Å². The Balaban J connectivity index is 2.48. The van der Waals surface area contributed by atoms with Crippen LogP contribution in [0.25, 0.3) is 0 Å². The average Bonchev–Trinajstić information content (AvgIpc) is 2.29. The molecule has 0 saturated carbocycles. The molecule has 2 rings (SSSR count). The van der Waals surface area contributed by atoms with Gasteiger partial charge in [0.2, 0.25) is 5.78 Å². The van der Waals surface area contributed by atoms with Crippen LogP contribution >= 0.6 is 0 Å². The summed E-state index contributed by atoms with van der Waals surface area (Å²) in [7, 11) is 0. The van der Waals surface area contributed by atoms with Crippen molar-refractivity contribution in [2.24, 2.45) is 0 Å². The molecule has 0 amide bonds. The van der Waals surface area contributed by atoms with Gasteiger partial charge in [-0.2, -0.15) is 0 Å². The number of ketones is 1. The molecule has 2 aromatic rings. The number of nitrogen functional groups attached to an aromatic ring is 1. The highest BCUT2D eigenvalue weighted by Crippen LogP contribution is 2.17. The van der Waals surface area contributed by atoms with Crippen molar-refractivity contribution in [2.75, 3.05) is 5.73 Å². The number of benzene rings is 1. The Morgan fingerprint density at radius 1 is 1.35 bits per heavy atom.